The highest BCUT2D eigenvalue weighted by atomic mass is 35.5. The number of rotatable bonds is 6. The van der Waals surface area contributed by atoms with Crippen molar-refractivity contribution in [1.82, 2.24) is 0 Å². The first-order valence-electron chi connectivity index (χ1n) is 7.89. The lowest BCUT2D eigenvalue weighted by Crippen LogP contribution is -2.02. The van der Waals surface area contributed by atoms with Gasteiger partial charge in [-0.15, -0.1) is 0 Å². The van der Waals surface area contributed by atoms with Crippen LogP contribution in [0.25, 0.3) is 11.1 Å². The zero-order valence-electron chi connectivity index (χ0n) is 13.5. The predicted molar refractivity (Wildman–Crippen MR) is 99.0 cm³/mol. The molecule has 0 heterocycles. The first kappa shape index (κ1) is 17.1. The van der Waals surface area contributed by atoms with Gasteiger partial charge in [0.1, 0.15) is 12.4 Å². The molecule has 25 heavy (non-hydrogen) atoms. The Morgan fingerprint density at radius 2 is 1.72 bits per heavy atom. The van der Waals surface area contributed by atoms with Gasteiger partial charge in [0.15, 0.2) is 0 Å². The average Bonchev–Trinajstić information content (AvgIpc) is 2.61. The molecule has 0 aliphatic carbocycles. The van der Waals surface area contributed by atoms with E-state index in [9.17, 15) is 4.79 Å². The van der Waals surface area contributed by atoms with Gasteiger partial charge in [0.05, 0.1) is 6.42 Å². The fourth-order valence-electron chi connectivity index (χ4n) is 2.60. The molecule has 3 aromatic carbocycles. The van der Waals surface area contributed by atoms with E-state index in [4.69, 9.17) is 21.4 Å². The van der Waals surface area contributed by atoms with E-state index in [2.05, 4.69) is 0 Å². The predicted octanol–water partition coefficient (Wildman–Crippen LogP) is 5.21. The van der Waals surface area contributed by atoms with Gasteiger partial charge in [-0.25, -0.2) is 0 Å². The maximum absolute atomic E-state index is 11.0. The summed E-state index contributed by atoms with van der Waals surface area (Å²) in [5.74, 6) is -0.171. The van der Waals surface area contributed by atoms with Gasteiger partial charge in [0.25, 0.3) is 0 Å². The van der Waals surface area contributed by atoms with Gasteiger partial charge < -0.3 is 9.84 Å². The number of carboxylic acid groups (broad SMARTS) is 1. The van der Waals surface area contributed by atoms with Gasteiger partial charge >= 0.3 is 5.97 Å². The van der Waals surface area contributed by atoms with Crippen molar-refractivity contribution in [2.75, 3.05) is 0 Å². The summed E-state index contributed by atoms with van der Waals surface area (Å²) in [4.78, 5) is 11.0. The number of carbonyl (C=O) groups is 1. The normalized spacial score (nSPS) is 10.4. The van der Waals surface area contributed by atoms with Crippen LogP contribution in [-0.2, 0) is 17.8 Å². The first-order valence-corrected chi connectivity index (χ1v) is 8.27. The van der Waals surface area contributed by atoms with Crippen molar-refractivity contribution >= 4 is 17.6 Å². The summed E-state index contributed by atoms with van der Waals surface area (Å²) in [7, 11) is 0. The van der Waals surface area contributed by atoms with Gasteiger partial charge in [-0.2, -0.15) is 0 Å². The largest absolute Gasteiger partial charge is 0.488 e. The molecule has 1 N–H and O–H groups in total. The number of ether oxygens (including phenoxy) is 1. The zero-order valence-corrected chi connectivity index (χ0v) is 14.2. The number of benzene rings is 3. The molecule has 0 fully saturated rings. The SMILES string of the molecule is O=C(O)Cc1ccc(OCc2ccccc2)c(-c2cccc(Cl)c2)c1. The molecular weight excluding hydrogens is 336 g/mol. The summed E-state index contributed by atoms with van der Waals surface area (Å²) in [6.45, 7) is 0.437. The lowest BCUT2D eigenvalue weighted by Gasteiger charge is -2.14. The third-order valence-corrected chi connectivity index (χ3v) is 4.01. The minimum atomic E-state index is -0.866. The summed E-state index contributed by atoms with van der Waals surface area (Å²) in [5, 5.41) is 9.66. The van der Waals surface area contributed by atoms with Crippen molar-refractivity contribution < 1.29 is 14.6 Å². The molecular formula is C21H17ClO3. The van der Waals surface area contributed by atoms with Crippen LogP contribution in [0.2, 0.25) is 5.02 Å². The van der Waals surface area contributed by atoms with Crippen molar-refractivity contribution in [3.8, 4) is 16.9 Å². The van der Waals surface area contributed by atoms with Gasteiger partial charge in [-0.3, -0.25) is 4.79 Å². The van der Waals surface area contributed by atoms with Crippen molar-refractivity contribution in [3.63, 3.8) is 0 Å². The number of carboxylic acids is 1. The van der Waals surface area contributed by atoms with Gasteiger partial charge in [0.2, 0.25) is 0 Å². The molecule has 0 aliphatic rings. The highest BCUT2D eigenvalue weighted by Crippen LogP contribution is 2.33. The lowest BCUT2D eigenvalue weighted by atomic mass is 10.0. The molecule has 0 saturated heterocycles. The molecule has 0 atom stereocenters. The zero-order chi connectivity index (χ0) is 17.6. The van der Waals surface area contributed by atoms with Crippen LogP contribution < -0.4 is 4.74 Å². The third kappa shape index (κ3) is 4.61. The quantitative estimate of drug-likeness (QED) is 0.662. The molecule has 3 aromatic rings. The van der Waals surface area contributed by atoms with Crippen LogP contribution in [0.1, 0.15) is 11.1 Å². The van der Waals surface area contributed by atoms with Crippen LogP contribution in [0.4, 0.5) is 0 Å². The van der Waals surface area contributed by atoms with E-state index in [0.717, 1.165) is 22.3 Å². The van der Waals surface area contributed by atoms with Gasteiger partial charge in [0, 0.05) is 10.6 Å². The van der Waals surface area contributed by atoms with Crippen LogP contribution in [0, 0.1) is 0 Å². The van der Waals surface area contributed by atoms with Crippen LogP contribution in [-0.4, -0.2) is 11.1 Å². The smallest absolute Gasteiger partial charge is 0.307 e. The summed E-state index contributed by atoms with van der Waals surface area (Å²) < 4.78 is 5.99. The number of halogens is 1. The summed E-state index contributed by atoms with van der Waals surface area (Å²) in [6, 6.07) is 22.8. The van der Waals surface area contributed by atoms with E-state index < -0.39 is 5.97 Å². The molecule has 0 aliphatic heterocycles. The topological polar surface area (TPSA) is 46.5 Å². The minimum Gasteiger partial charge on any atom is -0.488 e. The molecule has 0 aromatic heterocycles. The molecule has 3 nitrogen and oxygen atoms in total. The molecule has 3 rings (SSSR count). The van der Waals surface area contributed by atoms with Gasteiger partial charge in [-0.1, -0.05) is 60.1 Å². The van der Waals surface area contributed by atoms with Crippen molar-refractivity contribution in [1.29, 1.82) is 0 Å². The van der Waals surface area contributed by atoms with E-state index in [1.54, 1.807) is 12.1 Å². The standard InChI is InChI=1S/C21H17ClO3/c22-18-8-4-7-17(13-18)19-11-16(12-21(23)24)9-10-20(19)25-14-15-5-2-1-3-6-15/h1-11,13H,12,14H2,(H,23,24). The Hall–Kier alpha value is -2.78. The van der Waals surface area contributed by atoms with Crippen LogP contribution in [0.5, 0.6) is 5.75 Å². The average molecular weight is 353 g/mol. The maximum Gasteiger partial charge on any atom is 0.307 e. The molecule has 4 heteroatoms. The van der Waals surface area contributed by atoms with E-state index >= 15 is 0 Å². The molecule has 0 saturated carbocycles. The summed E-state index contributed by atoms with van der Waals surface area (Å²) in [6.07, 6.45) is -0.0352. The number of hydrogen-bond donors (Lipinski definition) is 1. The Labute approximate surface area is 151 Å². The lowest BCUT2D eigenvalue weighted by molar-refractivity contribution is -0.136. The van der Waals surface area contributed by atoms with Crippen LogP contribution in [0.15, 0.2) is 72.8 Å². The van der Waals surface area contributed by atoms with Crippen LogP contribution >= 0.6 is 11.6 Å². The third-order valence-electron chi connectivity index (χ3n) is 3.77. The van der Waals surface area contributed by atoms with E-state index in [0.29, 0.717) is 17.4 Å². The Kier molecular flexibility index (Phi) is 5.36. The van der Waals surface area contributed by atoms with Crippen molar-refractivity contribution in [2.24, 2.45) is 0 Å². The Bertz CT molecular complexity index is 875. The van der Waals surface area contributed by atoms with E-state index in [-0.39, 0.29) is 6.42 Å². The fourth-order valence-corrected chi connectivity index (χ4v) is 2.79. The first-order chi connectivity index (χ1) is 12.1. The van der Waals surface area contributed by atoms with Crippen LogP contribution in [0.3, 0.4) is 0 Å². The Balaban J connectivity index is 1.94. The second kappa shape index (κ2) is 7.86. The molecule has 0 unspecified atom stereocenters. The molecule has 0 spiro atoms. The molecule has 0 amide bonds. The summed E-state index contributed by atoms with van der Waals surface area (Å²) in [5.41, 5.74) is 3.50. The molecule has 0 bridgehead atoms. The number of hydrogen-bond acceptors (Lipinski definition) is 2. The monoisotopic (exact) mass is 352 g/mol. The van der Waals surface area contributed by atoms with Crippen molar-refractivity contribution in [3.05, 3.63) is 88.9 Å². The second-order valence-corrected chi connectivity index (χ2v) is 6.12. The highest BCUT2D eigenvalue weighted by Gasteiger charge is 2.11. The Morgan fingerprint density at radius 1 is 0.920 bits per heavy atom. The second-order valence-electron chi connectivity index (χ2n) is 5.69. The minimum absolute atomic E-state index is 0.0352. The Morgan fingerprint density at radius 3 is 2.44 bits per heavy atom. The molecule has 0 radical (unpaired) electrons. The van der Waals surface area contributed by atoms with Gasteiger partial charge in [-0.05, 0) is 41.0 Å². The van der Waals surface area contributed by atoms with E-state index in [1.807, 2.05) is 60.7 Å². The number of aliphatic carboxylic acids is 1. The molecule has 126 valence electrons. The van der Waals surface area contributed by atoms with E-state index in [1.165, 1.54) is 0 Å². The van der Waals surface area contributed by atoms with Crippen molar-refractivity contribution in [2.45, 2.75) is 13.0 Å². The summed E-state index contributed by atoms with van der Waals surface area (Å²) >= 11 is 6.11. The highest BCUT2D eigenvalue weighted by molar-refractivity contribution is 6.30. The fraction of sp³-hybridized carbons (Fsp3) is 0.0952. The maximum atomic E-state index is 11.0.